The van der Waals surface area contributed by atoms with Crippen molar-refractivity contribution >= 4 is 35.0 Å². The van der Waals surface area contributed by atoms with E-state index in [2.05, 4.69) is 10.9 Å². The van der Waals surface area contributed by atoms with E-state index in [1.807, 2.05) is 0 Å². The Morgan fingerprint density at radius 2 is 1.68 bits per heavy atom. The first-order valence-electron chi connectivity index (χ1n) is 6.29. The molecular weight excluding hydrogens is 327 g/mol. The number of hydrogen-bond donors (Lipinski definition) is 2. The molecule has 2 amide bonds. The van der Waals surface area contributed by atoms with Crippen molar-refractivity contribution in [2.75, 3.05) is 6.61 Å². The van der Waals surface area contributed by atoms with Crippen LogP contribution in [0.15, 0.2) is 48.5 Å². The van der Waals surface area contributed by atoms with Gasteiger partial charge in [-0.15, -0.1) is 0 Å². The van der Waals surface area contributed by atoms with Crippen LogP contribution in [0.1, 0.15) is 10.4 Å². The minimum atomic E-state index is -0.527. The second-order valence-corrected chi connectivity index (χ2v) is 4.99. The third-order valence-corrected chi connectivity index (χ3v) is 3.43. The third-order valence-electron chi connectivity index (χ3n) is 2.63. The molecule has 2 aromatic carbocycles. The van der Waals surface area contributed by atoms with Crippen molar-refractivity contribution in [1.29, 1.82) is 0 Å². The Kier molecular flexibility index (Phi) is 5.63. The van der Waals surface area contributed by atoms with E-state index < -0.39 is 11.8 Å². The van der Waals surface area contributed by atoms with Gasteiger partial charge in [0.1, 0.15) is 10.8 Å². The van der Waals surface area contributed by atoms with Gasteiger partial charge in [0.25, 0.3) is 11.8 Å². The van der Waals surface area contributed by atoms with E-state index in [0.717, 1.165) is 0 Å². The highest BCUT2D eigenvalue weighted by Gasteiger charge is 2.09. The largest absolute Gasteiger partial charge is 0.482 e. The Hall–Kier alpha value is -2.24. The first kappa shape index (κ1) is 16.1. The number of hydrazine groups is 1. The molecule has 0 atom stereocenters. The molecule has 0 aromatic heterocycles. The third kappa shape index (κ3) is 4.38. The molecular formula is C15H12Cl2N2O3. The van der Waals surface area contributed by atoms with Crippen LogP contribution in [0.4, 0.5) is 0 Å². The van der Waals surface area contributed by atoms with Gasteiger partial charge in [-0.1, -0.05) is 47.5 Å². The zero-order chi connectivity index (χ0) is 15.9. The highest BCUT2D eigenvalue weighted by molar-refractivity contribution is 6.42. The van der Waals surface area contributed by atoms with Crippen molar-refractivity contribution in [1.82, 2.24) is 10.9 Å². The fraction of sp³-hybridized carbons (Fsp3) is 0.0667. The molecule has 0 aliphatic rings. The second kappa shape index (κ2) is 7.68. The Morgan fingerprint density at radius 3 is 2.41 bits per heavy atom. The van der Waals surface area contributed by atoms with E-state index in [-0.39, 0.29) is 11.6 Å². The SMILES string of the molecule is O=C(COc1cccc(Cl)c1Cl)NNC(=O)c1ccccc1. The lowest BCUT2D eigenvalue weighted by Gasteiger charge is -2.10. The fourth-order valence-electron chi connectivity index (χ4n) is 1.56. The van der Waals surface area contributed by atoms with E-state index in [4.69, 9.17) is 27.9 Å². The number of ether oxygens (including phenoxy) is 1. The van der Waals surface area contributed by atoms with E-state index in [1.54, 1.807) is 48.5 Å². The van der Waals surface area contributed by atoms with Gasteiger partial charge < -0.3 is 4.74 Å². The molecule has 0 aliphatic carbocycles. The molecule has 7 heteroatoms. The van der Waals surface area contributed by atoms with Gasteiger partial charge in [0.05, 0.1) is 5.02 Å². The summed E-state index contributed by atoms with van der Waals surface area (Å²) in [5.41, 5.74) is 4.96. The lowest BCUT2D eigenvalue weighted by molar-refractivity contribution is -0.123. The molecule has 0 saturated carbocycles. The van der Waals surface area contributed by atoms with Crippen LogP contribution in [0.5, 0.6) is 5.75 Å². The molecule has 0 heterocycles. The normalized spacial score (nSPS) is 9.91. The summed E-state index contributed by atoms with van der Waals surface area (Å²) in [5.74, 6) is -0.659. The molecule has 0 radical (unpaired) electrons. The molecule has 5 nitrogen and oxygen atoms in total. The van der Waals surface area contributed by atoms with Crippen molar-refractivity contribution in [3.63, 3.8) is 0 Å². The lowest BCUT2D eigenvalue weighted by atomic mass is 10.2. The molecule has 0 fully saturated rings. The second-order valence-electron chi connectivity index (χ2n) is 4.21. The number of rotatable bonds is 4. The van der Waals surface area contributed by atoms with Crippen LogP contribution in [0.2, 0.25) is 10.0 Å². The zero-order valence-corrected chi connectivity index (χ0v) is 12.8. The molecule has 0 saturated heterocycles. The van der Waals surface area contributed by atoms with Crippen molar-refractivity contribution in [2.45, 2.75) is 0 Å². The standard InChI is InChI=1S/C15H12Cl2N2O3/c16-11-7-4-8-12(14(11)17)22-9-13(20)18-19-15(21)10-5-2-1-3-6-10/h1-8H,9H2,(H,18,20)(H,19,21). The Balaban J connectivity index is 1.81. The minimum absolute atomic E-state index is 0.227. The van der Waals surface area contributed by atoms with Crippen LogP contribution >= 0.6 is 23.2 Å². The first-order chi connectivity index (χ1) is 10.6. The molecule has 0 spiro atoms. The van der Waals surface area contributed by atoms with Crippen LogP contribution in [-0.4, -0.2) is 18.4 Å². The predicted octanol–water partition coefficient (Wildman–Crippen LogP) is 2.83. The molecule has 2 rings (SSSR count). The van der Waals surface area contributed by atoms with Crippen molar-refractivity contribution in [3.05, 3.63) is 64.1 Å². The molecule has 22 heavy (non-hydrogen) atoms. The van der Waals surface area contributed by atoms with Gasteiger partial charge in [0.2, 0.25) is 0 Å². The average Bonchev–Trinajstić information content (AvgIpc) is 2.54. The summed E-state index contributed by atoms with van der Waals surface area (Å²) in [5, 5.41) is 0.558. The number of carbonyl (C=O) groups excluding carboxylic acids is 2. The summed E-state index contributed by atoms with van der Waals surface area (Å²) >= 11 is 11.8. The smallest absolute Gasteiger partial charge is 0.276 e. The van der Waals surface area contributed by atoms with Gasteiger partial charge >= 0.3 is 0 Å². The Labute approximate surface area is 137 Å². The first-order valence-corrected chi connectivity index (χ1v) is 7.04. The van der Waals surface area contributed by atoms with Crippen LogP contribution in [0.3, 0.4) is 0 Å². The van der Waals surface area contributed by atoms with Gasteiger partial charge in [0, 0.05) is 5.56 Å². The highest BCUT2D eigenvalue weighted by Crippen LogP contribution is 2.31. The average molecular weight is 339 g/mol. The number of carbonyl (C=O) groups is 2. The molecule has 114 valence electrons. The number of benzene rings is 2. The topological polar surface area (TPSA) is 67.4 Å². The van der Waals surface area contributed by atoms with Gasteiger partial charge in [0.15, 0.2) is 6.61 Å². The summed E-state index contributed by atoms with van der Waals surface area (Å²) in [6, 6.07) is 13.3. The molecule has 0 aliphatic heterocycles. The van der Waals surface area contributed by atoms with Crippen molar-refractivity contribution in [3.8, 4) is 5.75 Å². The van der Waals surface area contributed by atoms with E-state index >= 15 is 0 Å². The maximum Gasteiger partial charge on any atom is 0.276 e. The number of nitrogens with one attached hydrogen (secondary N) is 2. The van der Waals surface area contributed by atoms with E-state index in [0.29, 0.717) is 16.3 Å². The quantitative estimate of drug-likeness (QED) is 0.842. The van der Waals surface area contributed by atoms with Crippen LogP contribution < -0.4 is 15.6 Å². The van der Waals surface area contributed by atoms with Gasteiger partial charge in [-0.2, -0.15) is 0 Å². The molecule has 0 unspecified atom stereocenters. The van der Waals surface area contributed by atoms with Crippen LogP contribution in [0.25, 0.3) is 0 Å². The number of halogens is 2. The van der Waals surface area contributed by atoms with Gasteiger partial charge in [-0.05, 0) is 24.3 Å². The van der Waals surface area contributed by atoms with E-state index in [1.165, 1.54) is 0 Å². The summed E-state index contributed by atoms with van der Waals surface area (Å²) in [4.78, 5) is 23.3. The highest BCUT2D eigenvalue weighted by atomic mass is 35.5. The monoisotopic (exact) mass is 338 g/mol. The molecule has 2 N–H and O–H groups in total. The maximum atomic E-state index is 11.7. The van der Waals surface area contributed by atoms with Gasteiger partial charge in [-0.3, -0.25) is 20.4 Å². The Morgan fingerprint density at radius 1 is 0.955 bits per heavy atom. The van der Waals surface area contributed by atoms with Gasteiger partial charge in [-0.25, -0.2) is 0 Å². The number of hydrogen-bond acceptors (Lipinski definition) is 3. The summed E-state index contributed by atoms with van der Waals surface area (Å²) in [6.07, 6.45) is 0. The van der Waals surface area contributed by atoms with Crippen LogP contribution in [-0.2, 0) is 4.79 Å². The van der Waals surface area contributed by atoms with Crippen LogP contribution in [0, 0.1) is 0 Å². The fourth-order valence-corrected chi connectivity index (χ4v) is 1.91. The predicted molar refractivity (Wildman–Crippen MR) is 84.0 cm³/mol. The lowest BCUT2D eigenvalue weighted by Crippen LogP contribution is -2.43. The molecule has 2 aromatic rings. The Bertz CT molecular complexity index is 678. The summed E-state index contributed by atoms with van der Waals surface area (Å²) < 4.78 is 5.24. The minimum Gasteiger partial charge on any atom is -0.482 e. The number of amides is 2. The summed E-state index contributed by atoms with van der Waals surface area (Å²) in [7, 11) is 0. The van der Waals surface area contributed by atoms with Crippen molar-refractivity contribution < 1.29 is 14.3 Å². The van der Waals surface area contributed by atoms with E-state index in [9.17, 15) is 9.59 Å². The summed E-state index contributed by atoms with van der Waals surface area (Å²) in [6.45, 7) is -0.310. The maximum absolute atomic E-state index is 11.7. The van der Waals surface area contributed by atoms with Crippen molar-refractivity contribution in [2.24, 2.45) is 0 Å². The molecule has 0 bridgehead atoms. The zero-order valence-electron chi connectivity index (χ0n) is 11.3.